The Labute approximate surface area is 152 Å². The zero-order chi connectivity index (χ0) is 19.1. The lowest BCUT2D eigenvalue weighted by molar-refractivity contribution is -0.149. The summed E-state index contributed by atoms with van der Waals surface area (Å²) in [7, 11) is 3.04. The van der Waals surface area contributed by atoms with Gasteiger partial charge < -0.3 is 29.6 Å². The molecule has 1 aromatic rings. The van der Waals surface area contributed by atoms with Crippen LogP contribution in [0.4, 0.5) is 4.79 Å². The number of carbonyl (C=O) groups is 2. The van der Waals surface area contributed by atoms with Crippen LogP contribution in [0.5, 0.6) is 11.5 Å². The number of amides is 2. The second kappa shape index (κ2) is 9.10. The van der Waals surface area contributed by atoms with E-state index >= 15 is 0 Å². The smallest absolute Gasteiger partial charge is 0.319 e. The van der Waals surface area contributed by atoms with Gasteiger partial charge in [0.2, 0.25) is 0 Å². The van der Waals surface area contributed by atoms with E-state index in [4.69, 9.17) is 18.9 Å². The summed E-state index contributed by atoms with van der Waals surface area (Å²) < 4.78 is 21.0. The maximum atomic E-state index is 12.5. The third-order valence-electron chi connectivity index (χ3n) is 3.90. The molecule has 0 aromatic heterocycles. The molecule has 142 valence electrons. The first-order valence-electron chi connectivity index (χ1n) is 8.24. The van der Waals surface area contributed by atoms with Crippen LogP contribution in [0.25, 0.3) is 0 Å². The molecular formula is C18H24N2O6. The second-order valence-corrected chi connectivity index (χ2v) is 5.58. The molecule has 2 amide bonds. The highest BCUT2D eigenvalue weighted by Crippen LogP contribution is 2.35. The summed E-state index contributed by atoms with van der Waals surface area (Å²) in [5.41, 5.74) is 0.948. The molecule has 1 aliphatic heterocycles. The molecule has 1 aliphatic rings. The van der Waals surface area contributed by atoms with Crippen LogP contribution in [0.15, 0.2) is 30.5 Å². The molecule has 1 fully saturated rings. The van der Waals surface area contributed by atoms with Gasteiger partial charge in [-0.1, -0.05) is 12.6 Å². The molecule has 2 atom stereocenters. The number of rotatable bonds is 8. The number of hydrogen-bond acceptors (Lipinski definition) is 6. The Balaban J connectivity index is 2.31. The van der Waals surface area contributed by atoms with Crippen molar-refractivity contribution in [1.29, 1.82) is 0 Å². The number of nitrogens with one attached hydrogen (secondary N) is 2. The van der Waals surface area contributed by atoms with Crippen LogP contribution < -0.4 is 20.1 Å². The number of carbonyl (C=O) groups excluding carboxylic acids is 2. The van der Waals surface area contributed by atoms with E-state index in [9.17, 15) is 9.59 Å². The van der Waals surface area contributed by atoms with Gasteiger partial charge in [-0.15, -0.1) is 0 Å². The van der Waals surface area contributed by atoms with Crippen molar-refractivity contribution in [3.63, 3.8) is 0 Å². The van der Waals surface area contributed by atoms with Gasteiger partial charge in [-0.25, -0.2) is 4.79 Å². The average molecular weight is 364 g/mol. The Morgan fingerprint density at radius 1 is 1.23 bits per heavy atom. The van der Waals surface area contributed by atoms with Gasteiger partial charge in [0.15, 0.2) is 11.5 Å². The van der Waals surface area contributed by atoms with Crippen LogP contribution >= 0.6 is 0 Å². The summed E-state index contributed by atoms with van der Waals surface area (Å²) in [5.74, 6) is -0.198. The van der Waals surface area contributed by atoms with Gasteiger partial charge in [0.25, 0.3) is 0 Å². The first-order chi connectivity index (χ1) is 12.5. The van der Waals surface area contributed by atoms with Crippen LogP contribution in [0.2, 0.25) is 0 Å². The van der Waals surface area contributed by atoms with Gasteiger partial charge in [0.1, 0.15) is 12.5 Å². The fraction of sp³-hybridized carbons (Fsp3) is 0.444. The highest BCUT2D eigenvalue weighted by molar-refractivity contribution is 5.85. The summed E-state index contributed by atoms with van der Waals surface area (Å²) in [6.45, 7) is 6.56. The van der Waals surface area contributed by atoms with Gasteiger partial charge >= 0.3 is 12.0 Å². The Morgan fingerprint density at radius 3 is 2.65 bits per heavy atom. The normalized spacial score (nSPS) is 19.3. The number of hydrogen-bond donors (Lipinski definition) is 2. The van der Waals surface area contributed by atoms with Gasteiger partial charge in [0, 0.05) is 12.8 Å². The lowest BCUT2D eigenvalue weighted by atomic mass is 9.89. The van der Waals surface area contributed by atoms with E-state index in [2.05, 4.69) is 17.2 Å². The Kier molecular flexibility index (Phi) is 6.85. The van der Waals surface area contributed by atoms with Crippen molar-refractivity contribution in [2.24, 2.45) is 5.92 Å². The van der Waals surface area contributed by atoms with Gasteiger partial charge in [-0.05, 0) is 24.6 Å². The lowest BCUT2D eigenvalue weighted by Crippen LogP contribution is -2.51. The van der Waals surface area contributed by atoms with E-state index in [0.717, 1.165) is 0 Å². The van der Waals surface area contributed by atoms with Crippen LogP contribution in [-0.4, -0.2) is 46.0 Å². The van der Waals surface area contributed by atoms with E-state index in [1.165, 1.54) is 14.2 Å². The molecular weight excluding hydrogens is 340 g/mol. The van der Waals surface area contributed by atoms with Crippen molar-refractivity contribution in [2.75, 3.05) is 34.0 Å². The minimum absolute atomic E-state index is 0.117. The predicted molar refractivity (Wildman–Crippen MR) is 94.0 cm³/mol. The molecule has 1 saturated heterocycles. The number of benzene rings is 1. The van der Waals surface area contributed by atoms with Crippen LogP contribution in [-0.2, 0) is 14.3 Å². The van der Waals surface area contributed by atoms with Crippen molar-refractivity contribution in [2.45, 2.75) is 13.0 Å². The largest absolute Gasteiger partial charge is 0.493 e. The van der Waals surface area contributed by atoms with E-state index in [0.29, 0.717) is 23.7 Å². The van der Waals surface area contributed by atoms with E-state index in [-0.39, 0.29) is 18.9 Å². The topological polar surface area (TPSA) is 95.1 Å². The zero-order valence-corrected chi connectivity index (χ0v) is 15.2. The van der Waals surface area contributed by atoms with Crippen molar-refractivity contribution >= 4 is 12.0 Å². The van der Waals surface area contributed by atoms with Gasteiger partial charge in [-0.3, -0.25) is 4.79 Å². The third kappa shape index (κ3) is 4.45. The summed E-state index contributed by atoms with van der Waals surface area (Å²) in [6, 6.07) is 4.16. The van der Waals surface area contributed by atoms with Crippen LogP contribution in [0.1, 0.15) is 18.5 Å². The van der Waals surface area contributed by atoms with Crippen LogP contribution in [0, 0.1) is 5.92 Å². The monoisotopic (exact) mass is 364 g/mol. The Bertz CT molecular complexity index is 676. The molecule has 0 saturated carbocycles. The minimum Gasteiger partial charge on any atom is -0.493 e. The highest BCUT2D eigenvalue weighted by Gasteiger charge is 2.39. The molecule has 0 bridgehead atoms. The Hall–Kier alpha value is -2.74. The number of urea groups is 1. The number of methoxy groups -OCH3 is 2. The van der Waals surface area contributed by atoms with Gasteiger partial charge in [-0.2, -0.15) is 0 Å². The highest BCUT2D eigenvalue weighted by atomic mass is 16.6. The van der Waals surface area contributed by atoms with E-state index < -0.39 is 24.0 Å². The quantitative estimate of drug-likeness (QED) is 0.539. The molecule has 8 heteroatoms. The number of esters is 1. The summed E-state index contributed by atoms with van der Waals surface area (Å²) in [6.07, 6.45) is 0. The number of ether oxygens (including phenoxy) is 4. The standard InChI is InChI=1S/C18H24N2O6/c1-5-25-13-7-6-12(10-14(13)24-4)16-15(11(2)19-18(22)20-16)17(21)26-9-8-23-3/h6-7,10,15-16H,2,5,8-9H2,1,3-4H3,(H2,19,20,22)/t15-,16+/m1/s1. The summed E-state index contributed by atoms with van der Waals surface area (Å²) in [5, 5.41) is 5.28. The molecule has 26 heavy (non-hydrogen) atoms. The molecule has 0 aliphatic carbocycles. The van der Waals surface area contributed by atoms with Gasteiger partial charge in [0.05, 0.1) is 26.4 Å². The Morgan fingerprint density at radius 2 is 2.00 bits per heavy atom. The maximum absolute atomic E-state index is 12.5. The fourth-order valence-electron chi connectivity index (χ4n) is 2.71. The third-order valence-corrected chi connectivity index (χ3v) is 3.90. The summed E-state index contributed by atoms with van der Waals surface area (Å²) in [4.78, 5) is 24.4. The van der Waals surface area contributed by atoms with E-state index in [1.54, 1.807) is 18.2 Å². The summed E-state index contributed by atoms with van der Waals surface area (Å²) >= 11 is 0. The second-order valence-electron chi connectivity index (χ2n) is 5.58. The van der Waals surface area contributed by atoms with Crippen molar-refractivity contribution in [3.05, 3.63) is 36.0 Å². The fourth-order valence-corrected chi connectivity index (χ4v) is 2.71. The van der Waals surface area contributed by atoms with Crippen molar-refractivity contribution in [1.82, 2.24) is 10.6 Å². The minimum atomic E-state index is -0.785. The lowest BCUT2D eigenvalue weighted by Gasteiger charge is -2.33. The van der Waals surface area contributed by atoms with E-state index in [1.807, 2.05) is 6.92 Å². The first-order valence-corrected chi connectivity index (χ1v) is 8.24. The predicted octanol–water partition coefficient (Wildman–Crippen LogP) is 1.77. The van der Waals surface area contributed by atoms with Crippen molar-refractivity contribution < 1.29 is 28.5 Å². The molecule has 2 N–H and O–H groups in total. The molecule has 1 heterocycles. The molecule has 0 spiro atoms. The molecule has 0 radical (unpaired) electrons. The maximum Gasteiger partial charge on any atom is 0.319 e. The zero-order valence-electron chi connectivity index (χ0n) is 15.2. The first kappa shape index (κ1) is 19.6. The molecule has 0 unspecified atom stereocenters. The molecule has 2 rings (SSSR count). The SMILES string of the molecule is C=C1NC(=O)N[C@@H](c2ccc(OCC)c(OC)c2)[C@@H]1C(=O)OCCOC. The van der Waals surface area contributed by atoms with Crippen LogP contribution in [0.3, 0.4) is 0 Å². The molecule has 8 nitrogen and oxygen atoms in total. The van der Waals surface area contributed by atoms with Crippen molar-refractivity contribution in [3.8, 4) is 11.5 Å². The molecule has 1 aromatic carbocycles. The average Bonchev–Trinajstić information content (AvgIpc) is 2.61.